The molecule has 0 aromatic carbocycles. The van der Waals surface area contributed by atoms with Crippen LogP contribution < -0.4 is 0 Å². The van der Waals surface area contributed by atoms with E-state index in [2.05, 4.69) is 14.9 Å². The van der Waals surface area contributed by atoms with Crippen LogP contribution >= 0.6 is 0 Å². The lowest BCUT2D eigenvalue weighted by Crippen LogP contribution is -2.48. The Morgan fingerprint density at radius 3 is 3.07 bits per heavy atom. The second kappa shape index (κ2) is 6.63. The summed E-state index contributed by atoms with van der Waals surface area (Å²) in [5.41, 5.74) is 8.12. The Kier molecular flexibility index (Phi) is 5.42. The zero-order valence-electron chi connectivity index (χ0n) is 9.04. The maximum atomic E-state index is 9.02. The first-order chi connectivity index (χ1) is 7.26. The maximum absolute atomic E-state index is 9.02. The van der Waals surface area contributed by atoms with Crippen LogP contribution in [0.2, 0.25) is 0 Å². The highest BCUT2D eigenvalue weighted by Crippen LogP contribution is 2.10. The Bertz CT molecular complexity index is 230. The molecule has 1 saturated heterocycles. The molecule has 0 radical (unpaired) electrons. The third-order valence-corrected chi connectivity index (χ3v) is 2.40. The number of aliphatic hydroxyl groups excluding tert-OH is 1. The summed E-state index contributed by atoms with van der Waals surface area (Å²) >= 11 is 0. The third-order valence-electron chi connectivity index (χ3n) is 2.40. The van der Waals surface area contributed by atoms with E-state index in [1.165, 1.54) is 0 Å². The first-order valence-electron chi connectivity index (χ1n) is 5.25. The predicted octanol–water partition coefficient (Wildman–Crippen LogP) is 0.768. The number of hydrogen-bond acceptors (Lipinski definition) is 4. The summed E-state index contributed by atoms with van der Waals surface area (Å²) in [4.78, 5) is 4.94. The van der Waals surface area contributed by atoms with Gasteiger partial charge in [0.05, 0.1) is 18.8 Å². The van der Waals surface area contributed by atoms with E-state index in [4.69, 9.17) is 15.4 Å². The fraction of sp³-hybridized carbons (Fsp3) is 1.00. The molecule has 1 fully saturated rings. The summed E-state index contributed by atoms with van der Waals surface area (Å²) in [6.45, 7) is 5.14. The van der Waals surface area contributed by atoms with Crippen LogP contribution in [0, 0.1) is 0 Å². The number of aliphatic hydroxyl groups is 1. The Morgan fingerprint density at radius 1 is 1.60 bits per heavy atom. The molecule has 1 aliphatic heterocycles. The van der Waals surface area contributed by atoms with Gasteiger partial charge < -0.3 is 9.84 Å². The third kappa shape index (κ3) is 4.48. The van der Waals surface area contributed by atoms with Gasteiger partial charge in [-0.25, -0.2) is 0 Å². The van der Waals surface area contributed by atoms with Gasteiger partial charge in [0.25, 0.3) is 0 Å². The monoisotopic (exact) mass is 214 g/mol. The van der Waals surface area contributed by atoms with Crippen LogP contribution in [0.15, 0.2) is 5.11 Å². The molecule has 15 heavy (non-hydrogen) atoms. The molecule has 0 aromatic rings. The van der Waals surface area contributed by atoms with Crippen LogP contribution in [-0.2, 0) is 4.74 Å². The average molecular weight is 214 g/mol. The Hall–Kier alpha value is -0.810. The molecule has 0 aliphatic carbocycles. The predicted molar refractivity (Wildman–Crippen MR) is 56.5 cm³/mol. The Labute approximate surface area is 89.5 Å². The molecule has 1 rings (SSSR count). The van der Waals surface area contributed by atoms with E-state index in [0.717, 1.165) is 26.1 Å². The van der Waals surface area contributed by atoms with Crippen molar-refractivity contribution in [2.24, 2.45) is 5.11 Å². The van der Waals surface area contributed by atoms with E-state index in [9.17, 15) is 0 Å². The van der Waals surface area contributed by atoms with Crippen molar-refractivity contribution in [1.82, 2.24) is 4.90 Å². The molecule has 6 heteroatoms. The average Bonchev–Trinajstić information content (AvgIpc) is 2.23. The largest absolute Gasteiger partial charge is 0.394 e. The molecule has 0 bridgehead atoms. The number of rotatable bonds is 5. The van der Waals surface area contributed by atoms with Crippen molar-refractivity contribution in [3.8, 4) is 0 Å². The molecule has 2 atom stereocenters. The first kappa shape index (κ1) is 12.3. The standard InChI is InChI=1S/C9H18N4O2/c1-8-5-13(4-2-3-11-12-10)6-9(7-14)15-8/h8-9,14H,2-7H2,1H3. The summed E-state index contributed by atoms with van der Waals surface area (Å²) in [7, 11) is 0. The van der Waals surface area contributed by atoms with E-state index in [1.54, 1.807) is 0 Å². The second-order valence-electron chi connectivity index (χ2n) is 3.82. The van der Waals surface area contributed by atoms with Crippen molar-refractivity contribution in [3.05, 3.63) is 10.4 Å². The summed E-state index contributed by atoms with van der Waals surface area (Å²) in [6, 6.07) is 0. The minimum atomic E-state index is -0.0757. The van der Waals surface area contributed by atoms with Crippen molar-refractivity contribution in [1.29, 1.82) is 0 Å². The molecular weight excluding hydrogens is 196 g/mol. The lowest BCUT2D eigenvalue weighted by Gasteiger charge is -2.35. The van der Waals surface area contributed by atoms with Gasteiger partial charge in [-0.3, -0.25) is 4.90 Å². The van der Waals surface area contributed by atoms with Crippen LogP contribution in [0.1, 0.15) is 13.3 Å². The van der Waals surface area contributed by atoms with E-state index >= 15 is 0 Å². The van der Waals surface area contributed by atoms with E-state index < -0.39 is 0 Å². The minimum absolute atomic E-state index is 0.0667. The number of ether oxygens (including phenoxy) is 1. The lowest BCUT2D eigenvalue weighted by molar-refractivity contribution is -0.0950. The minimum Gasteiger partial charge on any atom is -0.394 e. The molecule has 0 spiro atoms. The van der Waals surface area contributed by atoms with Gasteiger partial charge in [-0.15, -0.1) is 0 Å². The van der Waals surface area contributed by atoms with Gasteiger partial charge in [-0.1, -0.05) is 5.11 Å². The van der Waals surface area contributed by atoms with Gasteiger partial charge in [0.15, 0.2) is 0 Å². The van der Waals surface area contributed by atoms with Crippen molar-refractivity contribution in [2.75, 3.05) is 32.8 Å². The van der Waals surface area contributed by atoms with Crippen molar-refractivity contribution in [3.63, 3.8) is 0 Å². The molecular formula is C9H18N4O2. The maximum Gasteiger partial charge on any atom is 0.0936 e. The normalized spacial score (nSPS) is 27.3. The number of morpholine rings is 1. The molecule has 1 aliphatic rings. The molecule has 6 nitrogen and oxygen atoms in total. The fourth-order valence-electron chi connectivity index (χ4n) is 1.83. The van der Waals surface area contributed by atoms with Crippen molar-refractivity contribution in [2.45, 2.75) is 25.6 Å². The molecule has 86 valence electrons. The first-order valence-corrected chi connectivity index (χ1v) is 5.25. The molecule has 0 saturated carbocycles. The van der Waals surface area contributed by atoms with Crippen molar-refractivity contribution < 1.29 is 9.84 Å². The number of hydrogen-bond donors (Lipinski definition) is 1. The number of azide groups is 1. The van der Waals surface area contributed by atoms with Crippen LogP contribution in [0.5, 0.6) is 0 Å². The number of nitrogens with zero attached hydrogens (tertiary/aromatic N) is 4. The fourth-order valence-corrected chi connectivity index (χ4v) is 1.83. The van der Waals surface area contributed by atoms with Gasteiger partial charge in [0.1, 0.15) is 0 Å². The van der Waals surface area contributed by atoms with Gasteiger partial charge in [0, 0.05) is 24.5 Å². The smallest absolute Gasteiger partial charge is 0.0936 e. The molecule has 1 heterocycles. The molecule has 0 aromatic heterocycles. The zero-order chi connectivity index (χ0) is 11.1. The Balaban J connectivity index is 2.25. The van der Waals surface area contributed by atoms with E-state index in [0.29, 0.717) is 6.54 Å². The lowest BCUT2D eigenvalue weighted by atomic mass is 10.2. The second-order valence-corrected chi connectivity index (χ2v) is 3.82. The van der Waals surface area contributed by atoms with Crippen LogP contribution in [0.25, 0.3) is 10.4 Å². The van der Waals surface area contributed by atoms with Crippen molar-refractivity contribution >= 4 is 0 Å². The van der Waals surface area contributed by atoms with Gasteiger partial charge in [0.2, 0.25) is 0 Å². The molecule has 1 N–H and O–H groups in total. The van der Waals surface area contributed by atoms with Crippen LogP contribution in [0.3, 0.4) is 0 Å². The topological polar surface area (TPSA) is 81.5 Å². The highest BCUT2D eigenvalue weighted by molar-refractivity contribution is 4.75. The van der Waals surface area contributed by atoms with Gasteiger partial charge >= 0.3 is 0 Å². The van der Waals surface area contributed by atoms with Crippen LogP contribution in [-0.4, -0.2) is 55.0 Å². The van der Waals surface area contributed by atoms with Crippen LogP contribution in [0.4, 0.5) is 0 Å². The summed E-state index contributed by atoms with van der Waals surface area (Å²) in [5, 5.41) is 12.5. The highest BCUT2D eigenvalue weighted by atomic mass is 16.5. The molecule has 0 amide bonds. The highest BCUT2D eigenvalue weighted by Gasteiger charge is 2.23. The molecule has 2 unspecified atom stereocenters. The van der Waals surface area contributed by atoms with Gasteiger partial charge in [-0.05, 0) is 25.4 Å². The quantitative estimate of drug-likeness (QED) is 0.317. The SMILES string of the molecule is CC1CN(CCCN=[N+]=[N-])CC(CO)O1. The summed E-state index contributed by atoms with van der Waals surface area (Å²) in [5.74, 6) is 0. The van der Waals surface area contributed by atoms with E-state index in [1.807, 2.05) is 6.92 Å². The van der Waals surface area contributed by atoms with Gasteiger partial charge in [-0.2, -0.15) is 0 Å². The Morgan fingerprint density at radius 2 is 2.40 bits per heavy atom. The zero-order valence-corrected chi connectivity index (χ0v) is 9.04. The summed E-state index contributed by atoms with van der Waals surface area (Å²) in [6.07, 6.45) is 0.943. The van der Waals surface area contributed by atoms with E-state index in [-0.39, 0.29) is 18.8 Å². The summed E-state index contributed by atoms with van der Waals surface area (Å²) < 4.78 is 5.52.